The van der Waals surface area contributed by atoms with Crippen LogP contribution in [-0.2, 0) is 11.3 Å². The molecule has 0 spiro atoms. The van der Waals surface area contributed by atoms with Crippen molar-refractivity contribution in [1.82, 2.24) is 10.6 Å². The quantitative estimate of drug-likeness (QED) is 0.558. The molecule has 0 saturated carbocycles. The van der Waals surface area contributed by atoms with E-state index < -0.39 is 0 Å². The van der Waals surface area contributed by atoms with Crippen LogP contribution in [0.1, 0.15) is 37.5 Å². The number of phenols is 1. The lowest BCUT2D eigenvalue weighted by atomic mass is 10.1. The third-order valence-corrected chi connectivity index (χ3v) is 3.55. The van der Waals surface area contributed by atoms with Crippen molar-refractivity contribution in [1.29, 1.82) is 0 Å². The molecule has 0 aliphatic carbocycles. The Morgan fingerprint density at radius 1 is 1.23 bits per heavy atom. The molecule has 1 aromatic carbocycles. The Morgan fingerprint density at radius 2 is 1.82 bits per heavy atom. The highest BCUT2D eigenvalue weighted by atomic mass is 16.5. The van der Waals surface area contributed by atoms with Gasteiger partial charge in [0.05, 0.1) is 12.1 Å². The lowest BCUT2D eigenvalue weighted by Crippen LogP contribution is -2.45. The van der Waals surface area contributed by atoms with E-state index in [1.165, 1.54) is 0 Å². The molecule has 0 heterocycles. The molecular formula is C17H29N3O2. The van der Waals surface area contributed by atoms with E-state index in [2.05, 4.69) is 15.6 Å². The van der Waals surface area contributed by atoms with Gasteiger partial charge in [0.25, 0.3) is 0 Å². The second-order valence-electron chi connectivity index (χ2n) is 6.09. The summed E-state index contributed by atoms with van der Waals surface area (Å²) in [4.78, 5) is 4.59. The molecule has 0 atom stereocenters. The van der Waals surface area contributed by atoms with Crippen LogP contribution in [-0.4, -0.2) is 36.9 Å². The van der Waals surface area contributed by atoms with Gasteiger partial charge < -0.3 is 20.5 Å². The highest BCUT2D eigenvalue weighted by Gasteiger charge is 2.16. The van der Waals surface area contributed by atoms with Crippen LogP contribution in [0.25, 0.3) is 0 Å². The van der Waals surface area contributed by atoms with Gasteiger partial charge in [-0.1, -0.05) is 12.1 Å². The van der Waals surface area contributed by atoms with E-state index in [-0.39, 0.29) is 5.60 Å². The number of nitrogens with one attached hydrogen (secondary N) is 2. The zero-order valence-electron chi connectivity index (χ0n) is 14.6. The summed E-state index contributed by atoms with van der Waals surface area (Å²) in [5, 5.41) is 16.3. The summed E-state index contributed by atoms with van der Waals surface area (Å²) in [5.41, 5.74) is 2.59. The topological polar surface area (TPSA) is 65.9 Å². The highest BCUT2D eigenvalue weighted by Crippen LogP contribution is 2.23. The largest absolute Gasteiger partial charge is 0.507 e. The fourth-order valence-corrected chi connectivity index (χ4v) is 2.02. The average molecular weight is 307 g/mol. The Hall–Kier alpha value is -1.75. The van der Waals surface area contributed by atoms with E-state index in [4.69, 9.17) is 4.74 Å². The van der Waals surface area contributed by atoms with Crippen molar-refractivity contribution in [2.24, 2.45) is 4.99 Å². The molecule has 0 unspecified atom stereocenters. The lowest BCUT2D eigenvalue weighted by molar-refractivity contribution is 0.0268. The summed E-state index contributed by atoms with van der Waals surface area (Å²) >= 11 is 0. The normalized spacial score (nSPS) is 12.4. The minimum atomic E-state index is -0.248. The maximum Gasteiger partial charge on any atom is 0.191 e. The van der Waals surface area contributed by atoms with E-state index in [1.54, 1.807) is 7.11 Å². The Kier molecular flexibility index (Phi) is 6.68. The predicted octanol–water partition coefficient (Wildman–Crippen LogP) is 2.49. The molecule has 0 aliphatic heterocycles. The Bertz CT molecular complexity index is 502. The van der Waals surface area contributed by atoms with Gasteiger partial charge in [0.15, 0.2) is 5.96 Å². The third kappa shape index (κ3) is 5.56. The van der Waals surface area contributed by atoms with Crippen molar-refractivity contribution in [3.8, 4) is 5.75 Å². The number of phenolic OH excluding ortho intramolecular Hbond substituents is 1. The number of hydrogen-bond donors (Lipinski definition) is 3. The first kappa shape index (κ1) is 18.3. The third-order valence-electron chi connectivity index (χ3n) is 3.55. The van der Waals surface area contributed by atoms with E-state index in [9.17, 15) is 5.11 Å². The van der Waals surface area contributed by atoms with Crippen LogP contribution >= 0.6 is 0 Å². The van der Waals surface area contributed by atoms with Crippen molar-refractivity contribution in [2.75, 3.05) is 20.2 Å². The summed E-state index contributed by atoms with van der Waals surface area (Å²) in [6, 6.07) is 3.93. The second kappa shape index (κ2) is 8.03. The Morgan fingerprint density at radius 3 is 2.32 bits per heavy atom. The number of ether oxygens (including phenoxy) is 1. The zero-order chi connectivity index (χ0) is 16.8. The number of methoxy groups -OCH3 is 1. The smallest absolute Gasteiger partial charge is 0.191 e. The van der Waals surface area contributed by atoms with Crippen LogP contribution in [0.2, 0.25) is 0 Å². The number of aryl methyl sites for hydroxylation is 2. The number of aliphatic imine (C=N–C) groups is 1. The van der Waals surface area contributed by atoms with Gasteiger partial charge in [-0.2, -0.15) is 0 Å². The molecule has 0 aromatic heterocycles. The number of aromatic hydroxyl groups is 1. The van der Waals surface area contributed by atoms with Crippen molar-refractivity contribution >= 4 is 5.96 Å². The summed E-state index contributed by atoms with van der Waals surface area (Å²) in [6.45, 7) is 11.9. The van der Waals surface area contributed by atoms with Gasteiger partial charge >= 0.3 is 0 Å². The van der Waals surface area contributed by atoms with Gasteiger partial charge in [-0.15, -0.1) is 0 Å². The Labute approximate surface area is 133 Å². The monoisotopic (exact) mass is 307 g/mol. The van der Waals surface area contributed by atoms with Gasteiger partial charge in [0.1, 0.15) is 5.75 Å². The summed E-state index contributed by atoms with van der Waals surface area (Å²) in [6.07, 6.45) is 0. The number of guanidine groups is 1. The van der Waals surface area contributed by atoms with Gasteiger partial charge in [-0.05, 0) is 51.3 Å². The number of rotatable bonds is 6. The lowest BCUT2D eigenvalue weighted by Gasteiger charge is -2.24. The van der Waals surface area contributed by atoms with Crippen molar-refractivity contribution in [3.05, 3.63) is 28.8 Å². The number of benzene rings is 1. The first-order chi connectivity index (χ1) is 10.3. The standard InChI is InChI=1S/C17H29N3O2/c1-7-18-16(20-11-17(4,5)22-6)19-10-14-8-12(2)15(21)13(3)9-14/h8-9,21H,7,10-11H2,1-6H3,(H2,18,19,20). The van der Waals surface area contributed by atoms with E-state index in [0.717, 1.165) is 29.2 Å². The summed E-state index contributed by atoms with van der Waals surface area (Å²) in [5.74, 6) is 1.12. The molecule has 0 bridgehead atoms. The first-order valence-electron chi connectivity index (χ1n) is 7.65. The molecule has 1 aromatic rings. The number of hydrogen-bond acceptors (Lipinski definition) is 3. The molecule has 22 heavy (non-hydrogen) atoms. The first-order valence-corrected chi connectivity index (χ1v) is 7.65. The highest BCUT2D eigenvalue weighted by molar-refractivity contribution is 5.79. The van der Waals surface area contributed by atoms with Crippen LogP contribution in [0, 0.1) is 13.8 Å². The molecular weight excluding hydrogens is 278 g/mol. The van der Waals surface area contributed by atoms with Crippen LogP contribution < -0.4 is 10.6 Å². The predicted molar refractivity (Wildman–Crippen MR) is 91.5 cm³/mol. The fraction of sp³-hybridized carbons (Fsp3) is 0.588. The average Bonchev–Trinajstić information content (AvgIpc) is 2.47. The van der Waals surface area contributed by atoms with Crippen LogP contribution in [0.4, 0.5) is 0 Å². The molecule has 1 rings (SSSR count). The number of nitrogens with zero attached hydrogens (tertiary/aromatic N) is 1. The SMILES string of the molecule is CCNC(=NCc1cc(C)c(O)c(C)c1)NCC(C)(C)OC. The van der Waals surface area contributed by atoms with E-state index in [1.807, 2.05) is 46.8 Å². The van der Waals surface area contributed by atoms with Crippen molar-refractivity contribution in [2.45, 2.75) is 46.8 Å². The molecule has 0 amide bonds. The van der Waals surface area contributed by atoms with Gasteiger partial charge in [-0.3, -0.25) is 0 Å². The zero-order valence-corrected chi connectivity index (χ0v) is 14.6. The van der Waals surface area contributed by atoms with Crippen molar-refractivity contribution in [3.63, 3.8) is 0 Å². The summed E-state index contributed by atoms with van der Waals surface area (Å²) in [7, 11) is 1.70. The molecule has 0 fully saturated rings. The van der Waals surface area contributed by atoms with Gasteiger partial charge in [-0.25, -0.2) is 4.99 Å². The van der Waals surface area contributed by atoms with E-state index in [0.29, 0.717) is 18.8 Å². The van der Waals surface area contributed by atoms with E-state index >= 15 is 0 Å². The fourth-order valence-electron chi connectivity index (χ4n) is 2.02. The maximum atomic E-state index is 9.82. The van der Waals surface area contributed by atoms with Crippen LogP contribution in [0.3, 0.4) is 0 Å². The van der Waals surface area contributed by atoms with Gasteiger partial charge in [0, 0.05) is 20.2 Å². The molecule has 3 N–H and O–H groups in total. The molecule has 5 nitrogen and oxygen atoms in total. The second-order valence-corrected chi connectivity index (χ2v) is 6.09. The summed E-state index contributed by atoms with van der Waals surface area (Å²) < 4.78 is 5.40. The minimum absolute atomic E-state index is 0.248. The van der Waals surface area contributed by atoms with Gasteiger partial charge in [0.2, 0.25) is 0 Å². The molecule has 0 radical (unpaired) electrons. The van der Waals surface area contributed by atoms with Crippen LogP contribution in [0.15, 0.2) is 17.1 Å². The molecule has 124 valence electrons. The molecule has 0 saturated heterocycles. The molecule has 0 aliphatic rings. The van der Waals surface area contributed by atoms with Crippen molar-refractivity contribution < 1.29 is 9.84 Å². The Balaban J connectivity index is 2.77. The maximum absolute atomic E-state index is 9.82. The molecule has 5 heteroatoms. The minimum Gasteiger partial charge on any atom is -0.507 e. The van der Waals surface area contributed by atoms with Crippen LogP contribution in [0.5, 0.6) is 5.75 Å².